The fourth-order valence-electron chi connectivity index (χ4n) is 3.52. The lowest BCUT2D eigenvalue weighted by molar-refractivity contribution is -0.120. The zero-order valence-corrected chi connectivity index (χ0v) is 17.1. The van der Waals surface area contributed by atoms with Crippen LogP contribution < -0.4 is 10.2 Å². The number of anilines is 2. The molecule has 6 heteroatoms. The molecule has 5 nitrogen and oxygen atoms in total. The van der Waals surface area contributed by atoms with Crippen LogP contribution in [0.15, 0.2) is 60.9 Å². The van der Waals surface area contributed by atoms with Crippen molar-refractivity contribution in [3.63, 3.8) is 0 Å². The van der Waals surface area contributed by atoms with Crippen LogP contribution in [0.4, 0.5) is 11.6 Å². The van der Waals surface area contributed by atoms with Gasteiger partial charge in [-0.2, -0.15) is 0 Å². The van der Waals surface area contributed by atoms with Gasteiger partial charge in [0.1, 0.15) is 0 Å². The van der Waals surface area contributed by atoms with Crippen molar-refractivity contribution in [3.8, 4) is 11.1 Å². The predicted molar refractivity (Wildman–Crippen MR) is 117 cm³/mol. The molecule has 1 saturated heterocycles. The molecule has 0 atom stereocenters. The molecule has 1 aliphatic heterocycles. The molecule has 148 valence electrons. The van der Waals surface area contributed by atoms with Gasteiger partial charge in [-0.15, -0.1) is 0 Å². The van der Waals surface area contributed by atoms with Crippen LogP contribution in [0.3, 0.4) is 0 Å². The lowest BCUT2D eigenvalue weighted by Crippen LogP contribution is -2.39. The second-order valence-corrected chi connectivity index (χ2v) is 7.76. The third-order valence-electron chi connectivity index (χ3n) is 5.33. The Balaban J connectivity index is 1.34. The predicted octanol–water partition coefficient (Wildman–Crippen LogP) is 4.96. The summed E-state index contributed by atoms with van der Waals surface area (Å²) in [6.45, 7) is 3.47. The molecular weight excluding hydrogens is 384 g/mol. The average Bonchev–Trinajstić information content (AvgIpc) is 2.77. The van der Waals surface area contributed by atoms with Gasteiger partial charge in [-0.3, -0.25) is 4.79 Å². The number of carbonyl (C=O) groups excluding carboxylic acids is 1. The highest BCUT2D eigenvalue weighted by Gasteiger charge is 2.26. The molecule has 2 aromatic carbocycles. The van der Waals surface area contributed by atoms with Crippen LogP contribution in [-0.4, -0.2) is 29.0 Å². The maximum Gasteiger partial charge on any atom is 0.227 e. The van der Waals surface area contributed by atoms with Crippen LogP contribution in [0, 0.1) is 12.8 Å². The van der Waals surface area contributed by atoms with E-state index in [0.29, 0.717) is 11.0 Å². The molecule has 0 unspecified atom stereocenters. The van der Waals surface area contributed by atoms with E-state index in [9.17, 15) is 4.79 Å². The summed E-state index contributed by atoms with van der Waals surface area (Å²) in [5.41, 5.74) is 3.84. The van der Waals surface area contributed by atoms with Crippen molar-refractivity contribution in [1.82, 2.24) is 9.97 Å². The number of aromatic nitrogens is 2. The lowest BCUT2D eigenvalue weighted by Gasteiger charge is -2.31. The summed E-state index contributed by atoms with van der Waals surface area (Å²) in [7, 11) is 0. The molecule has 3 aromatic rings. The van der Waals surface area contributed by atoms with Gasteiger partial charge < -0.3 is 10.2 Å². The number of hydrogen-bond acceptors (Lipinski definition) is 4. The number of benzene rings is 2. The van der Waals surface area contributed by atoms with Crippen LogP contribution in [0.2, 0.25) is 5.02 Å². The Bertz CT molecular complexity index is 984. The summed E-state index contributed by atoms with van der Waals surface area (Å²) in [4.78, 5) is 23.8. The Hall–Kier alpha value is -2.92. The summed E-state index contributed by atoms with van der Waals surface area (Å²) in [5, 5.41) is 3.65. The molecule has 1 N–H and O–H groups in total. The summed E-state index contributed by atoms with van der Waals surface area (Å²) >= 11 is 6.15. The first-order chi connectivity index (χ1) is 14.1. The summed E-state index contributed by atoms with van der Waals surface area (Å²) < 4.78 is 0. The van der Waals surface area contributed by atoms with E-state index in [0.717, 1.165) is 48.3 Å². The molecule has 0 saturated carbocycles. The van der Waals surface area contributed by atoms with Crippen molar-refractivity contribution in [3.05, 3.63) is 71.5 Å². The Kier molecular flexibility index (Phi) is 5.76. The van der Waals surface area contributed by atoms with Gasteiger partial charge in [0.05, 0.1) is 0 Å². The number of nitrogens with zero attached hydrogens (tertiary/aromatic N) is 3. The molecule has 0 radical (unpaired) electrons. The van der Waals surface area contributed by atoms with Gasteiger partial charge in [-0.25, -0.2) is 9.97 Å². The van der Waals surface area contributed by atoms with E-state index in [2.05, 4.69) is 20.2 Å². The molecule has 1 aliphatic rings. The molecule has 0 spiro atoms. The standard InChI is InChI=1S/C23H23ClN4O/c1-16-7-8-20(13-21(16)24)27-22(29)18-9-11-28(12-10-18)23-25-14-19(15-26-23)17-5-3-2-4-6-17/h2-8,13-15,18H,9-12H2,1H3,(H,27,29). The smallest absolute Gasteiger partial charge is 0.227 e. The minimum absolute atomic E-state index is 0.0186. The summed E-state index contributed by atoms with van der Waals surface area (Å²) in [6, 6.07) is 15.7. The number of amides is 1. The number of hydrogen-bond donors (Lipinski definition) is 1. The van der Waals surface area contributed by atoms with E-state index < -0.39 is 0 Å². The monoisotopic (exact) mass is 406 g/mol. The SMILES string of the molecule is Cc1ccc(NC(=O)C2CCN(c3ncc(-c4ccccc4)cn3)CC2)cc1Cl. The molecule has 0 aliphatic carbocycles. The maximum absolute atomic E-state index is 12.6. The fraction of sp³-hybridized carbons (Fsp3) is 0.261. The van der Waals surface area contributed by atoms with Gasteiger partial charge in [0, 0.05) is 47.7 Å². The summed E-state index contributed by atoms with van der Waals surface area (Å²) in [5.74, 6) is 0.744. The number of rotatable bonds is 4. The molecule has 1 fully saturated rings. The van der Waals surface area contributed by atoms with E-state index in [1.165, 1.54) is 0 Å². The molecule has 1 aromatic heterocycles. The van der Waals surface area contributed by atoms with E-state index >= 15 is 0 Å². The Morgan fingerprint density at radius 3 is 2.38 bits per heavy atom. The number of carbonyl (C=O) groups is 1. The molecule has 1 amide bonds. The minimum atomic E-state index is -0.0186. The zero-order chi connectivity index (χ0) is 20.2. The molecule has 4 rings (SSSR count). The zero-order valence-electron chi connectivity index (χ0n) is 16.3. The van der Waals surface area contributed by atoms with Crippen molar-refractivity contribution in [2.45, 2.75) is 19.8 Å². The van der Waals surface area contributed by atoms with E-state index in [-0.39, 0.29) is 11.8 Å². The average molecular weight is 407 g/mol. The van der Waals surface area contributed by atoms with Crippen LogP contribution in [0.25, 0.3) is 11.1 Å². The lowest BCUT2D eigenvalue weighted by atomic mass is 9.96. The molecular formula is C23H23ClN4O. The van der Waals surface area contributed by atoms with Crippen molar-refractivity contribution in [2.75, 3.05) is 23.3 Å². The topological polar surface area (TPSA) is 58.1 Å². The van der Waals surface area contributed by atoms with Gasteiger partial charge in [-0.05, 0) is 43.0 Å². The highest BCUT2D eigenvalue weighted by atomic mass is 35.5. The van der Waals surface area contributed by atoms with Gasteiger partial charge in [0.2, 0.25) is 11.9 Å². The summed E-state index contributed by atoms with van der Waals surface area (Å²) in [6.07, 6.45) is 5.26. The van der Waals surface area contributed by atoms with Crippen molar-refractivity contribution in [1.29, 1.82) is 0 Å². The second kappa shape index (κ2) is 8.62. The van der Waals surface area contributed by atoms with Gasteiger partial charge >= 0.3 is 0 Å². The normalized spacial score (nSPS) is 14.6. The largest absolute Gasteiger partial charge is 0.341 e. The Morgan fingerprint density at radius 2 is 1.72 bits per heavy atom. The van der Waals surface area contributed by atoms with Crippen molar-refractivity contribution in [2.24, 2.45) is 5.92 Å². The van der Waals surface area contributed by atoms with Crippen LogP contribution >= 0.6 is 11.6 Å². The number of halogens is 1. The van der Waals surface area contributed by atoms with Crippen molar-refractivity contribution >= 4 is 29.1 Å². The van der Waals surface area contributed by atoms with Crippen LogP contribution in [0.1, 0.15) is 18.4 Å². The Labute approximate surface area is 175 Å². The first-order valence-electron chi connectivity index (χ1n) is 9.79. The highest BCUT2D eigenvalue weighted by Crippen LogP contribution is 2.25. The van der Waals surface area contributed by atoms with E-state index in [1.54, 1.807) is 6.07 Å². The van der Waals surface area contributed by atoms with Crippen molar-refractivity contribution < 1.29 is 4.79 Å². The van der Waals surface area contributed by atoms with Gasteiger partial charge in [0.15, 0.2) is 0 Å². The number of nitrogens with one attached hydrogen (secondary N) is 1. The van der Waals surface area contributed by atoms with Gasteiger partial charge in [-0.1, -0.05) is 48.0 Å². The Morgan fingerprint density at radius 1 is 1.03 bits per heavy atom. The second-order valence-electron chi connectivity index (χ2n) is 7.35. The quantitative estimate of drug-likeness (QED) is 0.665. The number of aryl methyl sites for hydroxylation is 1. The maximum atomic E-state index is 12.6. The van der Waals surface area contributed by atoms with Crippen LogP contribution in [-0.2, 0) is 4.79 Å². The first-order valence-corrected chi connectivity index (χ1v) is 10.2. The fourth-order valence-corrected chi connectivity index (χ4v) is 3.70. The molecule has 0 bridgehead atoms. The minimum Gasteiger partial charge on any atom is -0.341 e. The van der Waals surface area contributed by atoms with Gasteiger partial charge in [0.25, 0.3) is 0 Å². The van der Waals surface area contributed by atoms with E-state index in [1.807, 2.05) is 61.8 Å². The van der Waals surface area contributed by atoms with E-state index in [4.69, 9.17) is 11.6 Å². The third kappa shape index (κ3) is 4.57. The third-order valence-corrected chi connectivity index (χ3v) is 5.74. The van der Waals surface area contributed by atoms with Crippen LogP contribution in [0.5, 0.6) is 0 Å². The highest BCUT2D eigenvalue weighted by molar-refractivity contribution is 6.31. The number of piperidine rings is 1. The molecule has 29 heavy (non-hydrogen) atoms. The first kappa shape index (κ1) is 19.4. The molecule has 2 heterocycles.